The molecule has 4 nitrogen and oxygen atoms in total. The van der Waals surface area contributed by atoms with Gasteiger partial charge in [0.25, 0.3) is 0 Å². The number of benzene rings is 1. The maximum absolute atomic E-state index is 7.67. The van der Waals surface area contributed by atoms with Gasteiger partial charge in [0, 0.05) is 11.6 Å². The maximum Gasteiger partial charge on any atom is 0.141 e. The number of nitrogens with one attached hydrogen (secondary N) is 1. The molecule has 3 N–H and O–H groups in total. The molecule has 0 bridgehead atoms. The first-order valence-electron chi connectivity index (χ1n) is 6.73. The van der Waals surface area contributed by atoms with Gasteiger partial charge in [-0.05, 0) is 24.0 Å². The van der Waals surface area contributed by atoms with Gasteiger partial charge in [-0.2, -0.15) is 0 Å². The van der Waals surface area contributed by atoms with Crippen molar-refractivity contribution in [3.8, 4) is 5.75 Å². The summed E-state index contributed by atoms with van der Waals surface area (Å²) in [5, 5.41) is 8.56. The van der Waals surface area contributed by atoms with E-state index in [-0.39, 0.29) is 11.3 Å². The van der Waals surface area contributed by atoms with Crippen molar-refractivity contribution in [2.75, 3.05) is 6.61 Å². The van der Waals surface area contributed by atoms with Gasteiger partial charge in [0.2, 0.25) is 0 Å². The fourth-order valence-electron chi connectivity index (χ4n) is 1.92. The summed E-state index contributed by atoms with van der Waals surface area (Å²) in [6.07, 6.45) is 2.54. The van der Waals surface area contributed by atoms with Gasteiger partial charge in [-0.3, -0.25) is 10.4 Å². The first kappa shape index (κ1) is 14.3. The van der Waals surface area contributed by atoms with Crippen molar-refractivity contribution < 1.29 is 4.74 Å². The molecule has 0 saturated carbocycles. The van der Waals surface area contributed by atoms with Crippen LogP contribution in [0, 0.1) is 10.8 Å². The van der Waals surface area contributed by atoms with Crippen LogP contribution in [-0.2, 0) is 0 Å². The van der Waals surface area contributed by atoms with Gasteiger partial charge in [-0.25, -0.2) is 0 Å². The SMILES string of the molecule is CC(C)(C)CCOc1c(C(=N)N)cnc2ccccc12. The summed E-state index contributed by atoms with van der Waals surface area (Å²) in [5.41, 5.74) is 7.24. The Kier molecular flexibility index (Phi) is 3.93. The molecule has 0 atom stereocenters. The lowest BCUT2D eigenvalue weighted by atomic mass is 9.93. The summed E-state index contributed by atoms with van der Waals surface area (Å²) in [5.74, 6) is 0.640. The molecule has 1 aromatic heterocycles. The van der Waals surface area contributed by atoms with Crippen LogP contribution in [-0.4, -0.2) is 17.4 Å². The van der Waals surface area contributed by atoms with Crippen LogP contribution in [0.25, 0.3) is 10.9 Å². The first-order chi connectivity index (χ1) is 9.38. The van der Waals surface area contributed by atoms with E-state index >= 15 is 0 Å². The van der Waals surface area contributed by atoms with Gasteiger partial charge in [0.1, 0.15) is 11.6 Å². The van der Waals surface area contributed by atoms with Crippen LogP contribution in [0.5, 0.6) is 5.75 Å². The molecule has 1 heterocycles. The highest BCUT2D eigenvalue weighted by Gasteiger charge is 2.15. The molecule has 20 heavy (non-hydrogen) atoms. The van der Waals surface area contributed by atoms with Gasteiger partial charge < -0.3 is 10.5 Å². The monoisotopic (exact) mass is 271 g/mol. The molecule has 4 heteroatoms. The molecule has 0 unspecified atom stereocenters. The second kappa shape index (κ2) is 5.49. The Hall–Kier alpha value is -2.10. The number of nitrogens with two attached hydrogens (primary N) is 1. The number of rotatable bonds is 4. The number of aromatic nitrogens is 1. The minimum absolute atomic E-state index is 0.0194. The van der Waals surface area contributed by atoms with Crippen LogP contribution in [0.3, 0.4) is 0 Å². The van der Waals surface area contributed by atoms with Crippen molar-refractivity contribution in [2.24, 2.45) is 11.1 Å². The topological polar surface area (TPSA) is 72.0 Å². The van der Waals surface area contributed by atoms with E-state index in [0.29, 0.717) is 17.9 Å². The van der Waals surface area contributed by atoms with Crippen molar-refractivity contribution in [3.05, 3.63) is 36.0 Å². The smallest absolute Gasteiger partial charge is 0.141 e. The molecule has 0 spiro atoms. The largest absolute Gasteiger partial charge is 0.492 e. The van der Waals surface area contributed by atoms with E-state index in [2.05, 4.69) is 25.8 Å². The molecule has 1 aromatic carbocycles. The Balaban J connectivity index is 2.37. The molecule has 106 valence electrons. The van der Waals surface area contributed by atoms with Crippen molar-refractivity contribution in [2.45, 2.75) is 27.2 Å². The van der Waals surface area contributed by atoms with Crippen LogP contribution in [0.1, 0.15) is 32.8 Å². The summed E-state index contributed by atoms with van der Waals surface area (Å²) < 4.78 is 5.93. The van der Waals surface area contributed by atoms with Gasteiger partial charge in [-0.15, -0.1) is 0 Å². The number of hydrogen-bond acceptors (Lipinski definition) is 3. The highest BCUT2D eigenvalue weighted by atomic mass is 16.5. The van der Waals surface area contributed by atoms with Crippen molar-refractivity contribution in [1.82, 2.24) is 4.98 Å². The lowest BCUT2D eigenvalue weighted by molar-refractivity contribution is 0.244. The second-order valence-corrected chi connectivity index (χ2v) is 6.09. The number of ether oxygens (including phenoxy) is 1. The second-order valence-electron chi connectivity index (χ2n) is 6.09. The molecule has 0 aliphatic rings. The average Bonchev–Trinajstić information content (AvgIpc) is 2.37. The van der Waals surface area contributed by atoms with Crippen LogP contribution in [0.15, 0.2) is 30.5 Å². The van der Waals surface area contributed by atoms with E-state index < -0.39 is 0 Å². The van der Waals surface area contributed by atoms with Crippen molar-refractivity contribution >= 4 is 16.7 Å². The van der Waals surface area contributed by atoms with E-state index in [1.54, 1.807) is 6.20 Å². The van der Waals surface area contributed by atoms with E-state index in [9.17, 15) is 0 Å². The Morgan fingerprint density at radius 2 is 2.00 bits per heavy atom. The number of hydrogen-bond donors (Lipinski definition) is 2. The molecular weight excluding hydrogens is 250 g/mol. The summed E-state index contributed by atoms with van der Waals surface area (Å²) in [6, 6.07) is 7.74. The maximum atomic E-state index is 7.67. The normalized spacial score (nSPS) is 11.6. The molecule has 2 aromatic rings. The number of nitrogen functional groups attached to an aromatic ring is 1. The molecule has 0 aliphatic carbocycles. The molecule has 0 aliphatic heterocycles. The third kappa shape index (κ3) is 3.26. The van der Waals surface area contributed by atoms with Crippen LogP contribution in [0.4, 0.5) is 0 Å². The first-order valence-corrected chi connectivity index (χ1v) is 6.73. The standard InChI is InChI=1S/C16H21N3O/c1-16(2,3)8-9-20-14-11-6-4-5-7-13(11)19-10-12(14)15(17)18/h4-7,10H,8-9H2,1-3H3,(H3,17,18). The third-order valence-electron chi connectivity index (χ3n) is 3.11. The summed E-state index contributed by atoms with van der Waals surface area (Å²) in [7, 11) is 0. The molecule has 0 radical (unpaired) electrons. The fourth-order valence-corrected chi connectivity index (χ4v) is 1.92. The Labute approximate surface area is 119 Å². The lowest BCUT2D eigenvalue weighted by Gasteiger charge is -2.19. The Bertz CT molecular complexity index is 629. The van der Waals surface area contributed by atoms with E-state index in [1.165, 1.54) is 0 Å². The molecule has 0 amide bonds. The van der Waals surface area contributed by atoms with E-state index in [0.717, 1.165) is 17.3 Å². The predicted octanol–water partition coefficient (Wildman–Crippen LogP) is 3.33. The van der Waals surface area contributed by atoms with E-state index in [4.69, 9.17) is 15.9 Å². The van der Waals surface area contributed by atoms with Crippen LogP contribution < -0.4 is 10.5 Å². The Morgan fingerprint density at radius 1 is 1.30 bits per heavy atom. The van der Waals surface area contributed by atoms with Gasteiger partial charge >= 0.3 is 0 Å². The minimum Gasteiger partial charge on any atom is -0.492 e. The van der Waals surface area contributed by atoms with Crippen molar-refractivity contribution in [1.29, 1.82) is 5.41 Å². The zero-order valence-electron chi connectivity index (χ0n) is 12.2. The molecular formula is C16H21N3O. The number of pyridine rings is 1. The van der Waals surface area contributed by atoms with Crippen LogP contribution in [0.2, 0.25) is 0 Å². The quantitative estimate of drug-likeness (QED) is 0.661. The zero-order valence-corrected chi connectivity index (χ0v) is 12.2. The summed E-state index contributed by atoms with van der Waals surface area (Å²) >= 11 is 0. The summed E-state index contributed by atoms with van der Waals surface area (Å²) in [4.78, 5) is 4.32. The van der Waals surface area contributed by atoms with Crippen LogP contribution >= 0.6 is 0 Å². The van der Waals surface area contributed by atoms with Gasteiger partial charge in [-0.1, -0.05) is 32.9 Å². The molecule has 0 fully saturated rings. The third-order valence-corrected chi connectivity index (χ3v) is 3.11. The molecule has 2 rings (SSSR count). The number of nitrogens with zero attached hydrogens (tertiary/aromatic N) is 1. The number of fused-ring (bicyclic) bond motifs is 1. The summed E-state index contributed by atoms with van der Waals surface area (Å²) in [6.45, 7) is 7.12. The lowest BCUT2D eigenvalue weighted by Crippen LogP contribution is -2.16. The van der Waals surface area contributed by atoms with Gasteiger partial charge in [0.15, 0.2) is 0 Å². The number of para-hydroxylation sites is 1. The Morgan fingerprint density at radius 3 is 2.65 bits per heavy atom. The number of amidine groups is 1. The average molecular weight is 271 g/mol. The zero-order chi connectivity index (χ0) is 14.8. The minimum atomic E-state index is -0.0194. The highest BCUT2D eigenvalue weighted by Crippen LogP contribution is 2.29. The van der Waals surface area contributed by atoms with E-state index in [1.807, 2.05) is 24.3 Å². The predicted molar refractivity (Wildman–Crippen MR) is 82.3 cm³/mol. The molecule has 0 saturated heterocycles. The highest BCUT2D eigenvalue weighted by molar-refractivity contribution is 6.02. The van der Waals surface area contributed by atoms with Crippen molar-refractivity contribution in [3.63, 3.8) is 0 Å². The van der Waals surface area contributed by atoms with Gasteiger partial charge in [0.05, 0.1) is 17.7 Å². The fraction of sp³-hybridized carbons (Fsp3) is 0.375.